The van der Waals surface area contributed by atoms with E-state index in [1.807, 2.05) is 30.3 Å². The summed E-state index contributed by atoms with van der Waals surface area (Å²) in [7, 11) is 1.64. The van der Waals surface area contributed by atoms with E-state index in [0.717, 1.165) is 20.5 Å². The zero-order valence-corrected chi connectivity index (χ0v) is 15.8. The smallest absolute Gasteiger partial charge is 0.191 e. The largest absolute Gasteiger partial charge is 0.392 e. The van der Waals surface area contributed by atoms with Crippen LogP contribution in [0.3, 0.4) is 0 Å². The number of rotatable bonds is 6. The zero-order chi connectivity index (χ0) is 19.2. The van der Waals surface area contributed by atoms with Crippen LogP contribution in [0.5, 0.6) is 0 Å². The van der Waals surface area contributed by atoms with Crippen molar-refractivity contribution in [3.05, 3.63) is 70.4 Å². The van der Waals surface area contributed by atoms with Crippen LogP contribution < -0.4 is 10.6 Å². The van der Waals surface area contributed by atoms with Crippen molar-refractivity contribution >= 4 is 27.4 Å². The van der Waals surface area contributed by atoms with E-state index in [1.165, 1.54) is 6.07 Å². The predicted molar refractivity (Wildman–Crippen MR) is 107 cm³/mol. The molecule has 0 bridgehead atoms. The minimum absolute atomic E-state index is 0.262. The van der Waals surface area contributed by atoms with E-state index in [-0.39, 0.29) is 12.2 Å². The number of fused-ring (bicyclic) bond motifs is 1. The molecule has 0 saturated heterocycles. The van der Waals surface area contributed by atoms with Crippen LogP contribution in [0.4, 0.5) is 4.39 Å². The van der Waals surface area contributed by atoms with E-state index in [2.05, 4.69) is 15.6 Å². The summed E-state index contributed by atoms with van der Waals surface area (Å²) in [5.41, 5.74) is 1.09. The molecule has 5 nitrogen and oxygen atoms in total. The highest BCUT2D eigenvalue weighted by Crippen LogP contribution is 2.29. The van der Waals surface area contributed by atoms with Crippen LogP contribution >= 0.6 is 11.3 Å². The maximum absolute atomic E-state index is 13.4. The molecule has 142 valence electrons. The molecule has 0 aliphatic carbocycles. The average molecular weight is 387 g/mol. The monoisotopic (exact) mass is 387 g/mol. The second-order valence-corrected chi connectivity index (χ2v) is 7.21. The summed E-state index contributed by atoms with van der Waals surface area (Å²) in [6, 6.07) is 14.6. The van der Waals surface area contributed by atoms with Crippen molar-refractivity contribution in [1.29, 1.82) is 0 Å². The van der Waals surface area contributed by atoms with Crippen LogP contribution in [0.2, 0.25) is 0 Å². The molecule has 0 fully saturated rings. The molecule has 1 unspecified atom stereocenters. The number of nitrogens with one attached hydrogen (secondary N) is 2. The van der Waals surface area contributed by atoms with Gasteiger partial charge in [0, 0.05) is 35.3 Å². The fourth-order valence-electron chi connectivity index (χ4n) is 2.73. The van der Waals surface area contributed by atoms with E-state index >= 15 is 0 Å². The van der Waals surface area contributed by atoms with Gasteiger partial charge in [-0.05, 0) is 35.2 Å². The number of hydrogen-bond acceptors (Lipinski definition) is 4. The molecule has 0 radical (unpaired) electrons. The van der Waals surface area contributed by atoms with Gasteiger partial charge in [-0.15, -0.1) is 11.3 Å². The van der Waals surface area contributed by atoms with Crippen LogP contribution in [0.1, 0.15) is 22.1 Å². The third kappa shape index (κ3) is 4.82. The maximum Gasteiger partial charge on any atom is 0.191 e. The molecule has 2 aromatic carbocycles. The van der Waals surface area contributed by atoms with Crippen molar-refractivity contribution in [3.8, 4) is 0 Å². The number of hydrogen-bond donors (Lipinski definition) is 4. The topological polar surface area (TPSA) is 76.9 Å². The summed E-state index contributed by atoms with van der Waals surface area (Å²) >= 11 is 1.57. The second-order valence-electron chi connectivity index (χ2n) is 6.09. The lowest BCUT2D eigenvalue weighted by atomic mass is 10.1. The Bertz CT molecular complexity index is 909. The quantitative estimate of drug-likeness (QED) is 0.387. The Labute approximate surface area is 161 Å². The Balaban J connectivity index is 1.55. The number of aliphatic hydroxyl groups is 2. The summed E-state index contributed by atoms with van der Waals surface area (Å²) in [5, 5.41) is 26.9. The first kappa shape index (κ1) is 19.3. The molecule has 0 amide bonds. The van der Waals surface area contributed by atoms with Crippen molar-refractivity contribution in [2.45, 2.75) is 19.3 Å². The average Bonchev–Trinajstić information content (AvgIpc) is 3.13. The molecular weight excluding hydrogens is 365 g/mol. The molecule has 1 atom stereocenters. The molecule has 0 aliphatic rings. The molecule has 27 heavy (non-hydrogen) atoms. The molecule has 3 rings (SSSR count). The molecule has 0 spiro atoms. The minimum atomic E-state index is -0.646. The lowest BCUT2D eigenvalue weighted by Crippen LogP contribution is -2.38. The third-order valence-corrected chi connectivity index (χ3v) is 5.42. The number of nitrogens with zero attached hydrogens (tertiary/aromatic N) is 1. The predicted octanol–water partition coefficient (Wildman–Crippen LogP) is 2.93. The van der Waals surface area contributed by atoms with Gasteiger partial charge >= 0.3 is 0 Å². The highest BCUT2D eigenvalue weighted by atomic mass is 32.1. The van der Waals surface area contributed by atoms with Crippen molar-refractivity contribution < 1.29 is 14.6 Å². The third-order valence-electron chi connectivity index (χ3n) is 4.20. The van der Waals surface area contributed by atoms with Crippen molar-refractivity contribution in [2.24, 2.45) is 4.99 Å². The molecule has 7 heteroatoms. The van der Waals surface area contributed by atoms with Gasteiger partial charge in [0.2, 0.25) is 0 Å². The fourth-order valence-corrected chi connectivity index (χ4v) is 3.78. The molecule has 3 aromatic rings. The van der Waals surface area contributed by atoms with Gasteiger partial charge in [0.1, 0.15) is 11.9 Å². The lowest BCUT2D eigenvalue weighted by Gasteiger charge is -2.15. The second kappa shape index (κ2) is 8.94. The number of benzene rings is 2. The van der Waals surface area contributed by atoms with E-state index in [4.69, 9.17) is 5.11 Å². The number of halogens is 1. The molecule has 0 saturated carbocycles. The van der Waals surface area contributed by atoms with Gasteiger partial charge in [-0.3, -0.25) is 4.99 Å². The van der Waals surface area contributed by atoms with E-state index in [1.54, 1.807) is 30.5 Å². The number of aliphatic imine (C=N–C) groups is 1. The highest BCUT2D eigenvalue weighted by molar-refractivity contribution is 7.19. The number of guanidine groups is 1. The fraction of sp³-hybridized carbons (Fsp3) is 0.250. The summed E-state index contributed by atoms with van der Waals surface area (Å²) in [6.07, 6.45) is -0.646. The Kier molecular flexibility index (Phi) is 6.39. The molecular formula is C20H22FN3O2S. The summed E-state index contributed by atoms with van der Waals surface area (Å²) in [4.78, 5) is 5.03. The van der Waals surface area contributed by atoms with Gasteiger partial charge in [0.25, 0.3) is 0 Å². The van der Waals surface area contributed by atoms with Crippen molar-refractivity contribution in [1.82, 2.24) is 10.6 Å². The van der Waals surface area contributed by atoms with Gasteiger partial charge in [0.15, 0.2) is 5.96 Å². The SMILES string of the molecule is CN=C(NCc1ccc(F)c(CO)c1)NCC(O)c1cc2ccccc2s1. The normalized spacial score (nSPS) is 13.0. The Hall–Kier alpha value is -2.48. The Morgan fingerprint density at radius 2 is 2.00 bits per heavy atom. The van der Waals surface area contributed by atoms with E-state index < -0.39 is 11.9 Å². The van der Waals surface area contributed by atoms with Gasteiger partial charge in [-0.1, -0.05) is 24.3 Å². The van der Waals surface area contributed by atoms with Gasteiger partial charge in [-0.2, -0.15) is 0 Å². The molecule has 1 heterocycles. The first-order chi connectivity index (χ1) is 13.1. The Morgan fingerprint density at radius 1 is 1.19 bits per heavy atom. The van der Waals surface area contributed by atoms with Crippen LogP contribution in [-0.2, 0) is 13.2 Å². The van der Waals surface area contributed by atoms with Gasteiger partial charge < -0.3 is 20.8 Å². The highest BCUT2D eigenvalue weighted by Gasteiger charge is 2.12. The van der Waals surface area contributed by atoms with Crippen LogP contribution in [0, 0.1) is 5.82 Å². The van der Waals surface area contributed by atoms with E-state index in [9.17, 15) is 9.50 Å². The van der Waals surface area contributed by atoms with Crippen LogP contribution in [0.25, 0.3) is 10.1 Å². The van der Waals surface area contributed by atoms with Crippen LogP contribution in [-0.4, -0.2) is 29.8 Å². The summed E-state index contributed by atoms with van der Waals surface area (Å²) < 4.78 is 14.6. The van der Waals surface area contributed by atoms with Crippen molar-refractivity contribution in [2.75, 3.05) is 13.6 Å². The number of thiophene rings is 1. The standard InChI is InChI=1S/C20H22FN3O2S/c1-22-20(23-10-13-6-7-16(21)15(8-13)12-25)24-11-17(26)19-9-14-4-2-3-5-18(14)27-19/h2-9,17,25-26H,10-12H2,1H3,(H2,22,23,24). The summed E-state index contributed by atoms with van der Waals surface area (Å²) in [6.45, 7) is 0.401. The van der Waals surface area contributed by atoms with Crippen LogP contribution in [0.15, 0.2) is 53.5 Å². The first-order valence-electron chi connectivity index (χ1n) is 8.60. The first-order valence-corrected chi connectivity index (χ1v) is 9.41. The van der Waals surface area contributed by atoms with Gasteiger partial charge in [0.05, 0.1) is 6.61 Å². The maximum atomic E-state index is 13.4. The van der Waals surface area contributed by atoms with Crippen molar-refractivity contribution in [3.63, 3.8) is 0 Å². The molecule has 4 N–H and O–H groups in total. The van der Waals surface area contributed by atoms with E-state index in [0.29, 0.717) is 19.0 Å². The lowest BCUT2D eigenvalue weighted by molar-refractivity contribution is 0.184. The number of aliphatic hydroxyl groups excluding tert-OH is 2. The molecule has 1 aromatic heterocycles. The Morgan fingerprint density at radius 3 is 2.74 bits per heavy atom. The minimum Gasteiger partial charge on any atom is -0.392 e. The zero-order valence-electron chi connectivity index (χ0n) is 14.9. The summed E-state index contributed by atoms with van der Waals surface area (Å²) in [5.74, 6) is 0.111. The van der Waals surface area contributed by atoms with Gasteiger partial charge in [-0.25, -0.2) is 4.39 Å². The molecule has 0 aliphatic heterocycles.